The fourth-order valence-electron chi connectivity index (χ4n) is 1.85. The summed E-state index contributed by atoms with van der Waals surface area (Å²) in [5.74, 6) is 1.40. The quantitative estimate of drug-likeness (QED) is 0.721. The van der Waals surface area contributed by atoms with Crippen molar-refractivity contribution in [2.45, 2.75) is 25.4 Å². The second-order valence-corrected chi connectivity index (χ2v) is 4.18. The molecule has 0 amide bonds. The predicted octanol–water partition coefficient (Wildman–Crippen LogP) is 2.03. The van der Waals surface area contributed by atoms with Gasteiger partial charge >= 0.3 is 0 Å². The van der Waals surface area contributed by atoms with Gasteiger partial charge in [0.25, 0.3) is 0 Å². The Hall–Kier alpha value is -1.26. The van der Waals surface area contributed by atoms with Gasteiger partial charge in [0.2, 0.25) is 0 Å². The SMILES string of the molecule is COCCCC(O)Cc1ccc(OC)c(OC)c1. The van der Waals surface area contributed by atoms with Crippen LogP contribution in [0.2, 0.25) is 0 Å². The molecule has 0 spiro atoms. The Morgan fingerprint density at radius 3 is 2.44 bits per heavy atom. The molecule has 1 aromatic rings. The monoisotopic (exact) mass is 254 g/mol. The van der Waals surface area contributed by atoms with Crippen molar-refractivity contribution in [3.8, 4) is 11.5 Å². The van der Waals surface area contributed by atoms with Gasteiger partial charge in [0.15, 0.2) is 11.5 Å². The minimum Gasteiger partial charge on any atom is -0.493 e. The normalized spacial score (nSPS) is 12.2. The van der Waals surface area contributed by atoms with Gasteiger partial charge in [0.1, 0.15) is 0 Å². The first-order valence-corrected chi connectivity index (χ1v) is 6.09. The summed E-state index contributed by atoms with van der Waals surface area (Å²) in [6, 6.07) is 5.70. The smallest absolute Gasteiger partial charge is 0.160 e. The van der Waals surface area contributed by atoms with Gasteiger partial charge in [-0.05, 0) is 37.0 Å². The lowest BCUT2D eigenvalue weighted by molar-refractivity contribution is 0.135. The van der Waals surface area contributed by atoms with Crippen LogP contribution >= 0.6 is 0 Å². The van der Waals surface area contributed by atoms with Gasteiger partial charge in [-0.3, -0.25) is 0 Å². The first-order chi connectivity index (χ1) is 8.71. The molecule has 0 fully saturated rings. The van der Waals surface area contributed by atoms with E-state index in [0.29, 0.717) is 24.5 Å². The number of aliphatic hydroxyl groups excluding tert-OH is 1. The molecular formula is C14H22O4. The zero-order valence-corrected chi connectivity index (χ0v) is 11.3. The molecule has 0 heterocycles. The molecule has 102 valence electrons. The molecule has 1 aromatic carbocycles. The van der Waals surface area contributed by atoms with Crippen LogP contribution in [-0.2, 0) is 11.2 Å². The highest BCUT2D eigenvalue weighted by Gasteiger charge is 2.09. The van der Waals surface area contributed by atoms with Crippen molar-refractivity contribution >= 4 is 0 Å². The van der Waals surface area contributed by atoms with Crippen molar-refractivity contribution in [1.82, 2.24) is 0 Å². The van der Waals surface area contributed by atoms with E-state index in [9.17, 15) is 5.11 Å². The van der Waals surface area contributed by atoms with E-state index in [1.807, 2.05) is 18.2 Å². The summed E-state index contributed by atoms with van der Waals surface area (Å²) in [4.78, 5) is 0. The van der Waals surface area contributed by atoms with Gasteiger partial charge in [-0.15, -0.1) is 0 Å². The predicted molar refractivity (Wildman–Crippen MR) is 70.4 cm³/mol. The van der Waals surface area contributed by atoms with Gasteiger partial charge in [-0.2, -0.15) is 0 Å². The van der Waals surface area contributed by atoms with Crippen molar-refractivity contribution in [3.05, 3.63) is 23.8 Å². The zero-order chi connectivity index (χ0) is 13.4. The third-order valence-electron chi connectivity index (χ3n) is 2.81. The fourth-order valence-corrected chi connectivity index (χ4v) is 1.85. The Balaban J connectivity index is 2.56. The average Bonchev–Trinajstić information content (AvgIpc) is 2.39. The molecule has 0 bridgehead atoms. The Labute approximate surface area is 108 Å². The maximum Gasteiger partial charge on any atom is 0.160 e. The van der Waals surface area contributed by atoms with E-state index < -0.39 is 0 Å². The molecule has 0 saturated carbocycles. The third kappa shape index (κ3) is 4.55. The second-order valence-electron chi connectivity index (χ2n) is 4.18. The molecule has 0 aromatic heterocycles. The number of ether oxygens (including phenoxy) is 3. The first-order valence-electron chi connectivity index (χ1n) is 6.09. The van der Waals surface area contributed by atoms with Crippen LogP contribution < -0.4 is 9.47 Å². The van der Waals surface area contributed by atoms with Crippen LogP contribution in [0.1, 0.15) is 18.4 Å². The summed E-state index contributed by atoms with van der Waals surface area (Å²) < 4.78 is 15.4. The maximum absolute atomic E-state index is 9.89. The molecular weight excluding hydrogens is 232 g/mol. The number of hydrogen-bond donors (Lipinski definition) is 1. The van der Waals surface area contributed by atoms with Gasteiger partial charge in [-0.1, -0.05) is 6.07 Å². The molecule has 0 saturated heterocycles. The third-order valence-corrected chi connectivity index (χ3v) is 2.81. The minimum absolute atomic E-state index is 0.349. The van der Waals surface area contributed by atoms with Gasteiger partial charge < -0.3 is 19.3 Å². The van der Waals surface area contributed by atoms with Crippen molar-refractivity contribution in [2.24, 2.45) is 0 Å². The molecule has 0 aliphatic rings. The zero-order valence-electron chi connectivity index (χ0n) is 11.3. The van der Waals surface area contributed by atoms with Crippen molar-refractivity contribution in [2.75, 3.05) is 27.9 Å². The van der Waals surface area contributed by atoms with Gasteiger partial charge in [0.05, 0.1) is 20.3 Å². The van der Waals surface area contributed by atoms with E-state index in [1.54, 1.807) is 21.3 Å². The van der Waals surface area contributed by atoms with E-state index in [2.05, 4.69) is 0 Å². The number of benzene rings is 1. The molecule has 4 nitrogen and oxygen atoms in total. The number of rotatable bonds is 8. The van der Waals surface area contributed by atoms with E-state index in [-0.39, 0.29) is 6.10 Å². The minimum atomic E-state index is -0.349. The van der Waals surface area contributed by atoms with Crippen LogP contribution in [0.4, 0.5) is 0 Å². The van der Waals surface area contributed by atoms with Crippen LogP contribution in [0.15, 0.2) is 18.2 Å². The lowest BCUT2D eigenvalue weighted by Gasteiger charge is -2.13. The standard InChI is InChI=1S/C14H22O4/c1-16-8-4-5-12(15)9-11-6-7-13(17-2)14(10-11)18-3/h6-7,10,12,15H,4-5,8-9H2,1-3H3. The van der Waals surface area contributed by atoms with E-state index in [0.717, 1.165) is 18.4 Å². The Bertz CT molecular complexity index is 352. The van der Waals surface area contributed by atoms with Crippen molar-refractivity contribution < 1.29 is 19.3 Å². The van der Waals surface area contributed by atoms with Crippen LogP contribution in [0.25, 0.3) is 0 Å². The molecule has 1 N–H and O–H groups in total. The van der Waals surface area contributed by atoms with Crippen molar-refractivity contribution in [3.63, 3.8) is 0 Å². The highest BCUT2D eigenvalue weighted by Crippen LogP contribution is 2.28. The molecule has 1 atom stereocenters. The molecule has 1 rings (SSSR count). The highest BCUT2D eigenvalue weighted by molar-refractivity contribution is 5.43. The highest BCUT2D eigenvalue weighted by atomic mass is 16.5. The number of aliphatic hydroxyl groups is 1. The van der Waals surface area contributed by atoms with Gasteiger partial charge in [-0.25, -0.2) is 0 Å². The van der Waals surface area contributed by atoms with Gasteiger partial charge in [0, 0.05) is 13.7 Å². The number of methoxy groups -OCH3 is 3. The molecule has 0 aliphatic carbocycles. The largest absolute Gasteiger partial charge is 0.493 e. The van der Waals surface area contributed by atoms with Crippen LogP contribution in [0.5, 0.6) is 11.5 Å². The fraction of sp³-hybridized carbons (Fsp3) is 0.571. The van der Waals surface area contributed by atoms with Crippen LogP contribution in [0, 0.1) is 0 Å². The summed E-state index contributed by atoms with van der Waals surface area (Å²) in [5, 5.41) is 9.89. The molecule has 0 radical (unpaired) electrons. The molecule has 4 heteroatoms. The van der Waals surface area contributed by atoms with E-state index in [4.69, 9.17) is 14.2 Å². The van der Waals surface area contributed by atoms with E-state index >= 15 is 0 Å². The van der Waals surface area contributed by atoms with Crippen LogP contribution in [0.3, 0.4) is 0 Å². The topological polar surface area (TPSA) is 47.9 Å². The summed E-state index contributed by atoms with van der Waals surface area (Å²) in [6.07, 6.45) is 1.87. The molecule has 18 heavy (non-hydrogen) atoms. The Morgan fingerprint density at radius 1 is 1.11 bits per heavy atom. The Kier molecular flexibility index (Phi) is 6.54. The second kappa shape index (κ2) is 7.95. The Morgan fingerprint density at radius 2 is 1.83 bits per heavy atom. The lowest BCUT2D eigenvalue weighted by Crippen LogP contribution is -2.11. The number of hydrogen-bond acceptors (Lipinski definition) is 4. The summed E-state index contributed by atoms with van der Waals surface area (Å²) in [5.41, 5.74) is 1.04. The molecule has 1 unspecified atom stereocenters. The first kappa shape index (κ1) is 14.8. The van der Waals surface area contributed by atoms with Crippen molar-refractivity contribution in [1.29, 1.82) is 0 Å². The summed E-state index contributed by atoms with van der Waals surface area (Å²) in [7, 11) is 4.88. The summed E-state index contributed by atoms with van der Waals surface area (Å²) in [6.45, 7) is 0.684. The van der Waals surface area contributed by atoms with Crippen LogP contribution in [-0.4, -0.2) is 39.1 Å². The lowest BCUT2D eigenvalue weighted by atomic mass is 10.0. The summed E-state index contributed by atoms with van der Waals surface area (Å²) >= 11 is 0. The molecule has 0 aliphatic heterocycles. The van der Waals surface area contributed by atoms with E-state index in [1.165, 1.54) is 0 Å². The maximum atomic E-state index is 9.89. The average molecular weight is 254 g/mol.